The molecule has 1 spiro atoms. The third kappa shape index (κ3) is 11.6. The van der Waals surface area contributed by atoms with Crippen LogP contribution < -0.4 is 16.1 Å². The zero-order valence-corrected chi connectivity index (χ0v) is 38.6. The van der Waals surface area contributed by atoms with E-state index in [1.54, 1.807) is 7.11 Å². The van der Waals surface area contributed by atoms with E-state index in [0.29, 0.717) is 38.3 Å². The van der Waals surface area contributed by atoms with Crippen LogP contribution in [0.1, 0.15) is 89.6 Å². The quantitative estimate of drug-likeness (QED) is 0.141. The summed E-state index contributed by atoms with van der Waals surface area (Å²) < 4.78 is 19.1. The number of aliphatic hydroxyl groups excluding tert-OH is 1. The highest BCUT2D eigenvalue weighted by Gasteiger charge is 2.51. The molecular formula is C47H76N8O6. The Kier molecular flexibility index (Phi) is 17.7. The van der Waals surface area contributed by atoms with Crippen molar-refractivity contribution in [1.29, 1.82) is 0 Å². The monoisotopic (exact) mass is 849 g/mol. The Hall–Kier alpha value is -3.47. The Balaban J connectivity index is 0.000000702. The molecule has 14 heteroatoms. The molecule has 0 aliphatic carbocycles. The van der Waals surface area contributed by atoms with Crippen LogP contribution in [-0.4, -0.2) is 154 Å². The number of aliphatic hydroxyl groups is 1. The number of nitrogens with two attached hydrogens (primary N) is 1. The second kappa shape index (κ2) is 22.2. The Morgan fingerprint density at radius 2 is 1.87 bits per heavy atom. The largest absolute Gasteiger partial charge is 0.467 e. The molecule has 4 N–H and O–H groups in total. The molecule has 4 aliphatic rings. The minimum absolute atomic E-state index is 0.0101. The van der Waals surface area contributed by atoms with Gasteiger partial charge in [0.25, 0.3) is 6.47 Å². The molecule has 4 fully saturated rings. The molecule has 1 aromatic carbocycles. The summed E-state index contributed by atoms with van der Waals surface area (Å²) in [5, 5.41) is 13.5. The van der Waals surface area contributed by atoms with Crippen LogP contribution in [0.3, 0.4) is 0 Å². The lowest BCUT2D eigenvalue weighted by molar-refractivity contribution is -0.199. The van der Waals surface area contributed by atoms with Crippen molar-refractivity contribution < 1.29 is 28.9 Å². The van der Waals surface area contributed by atoms with Crippen LogP contribution in [0.25, 0.3) is 22.2 Å². The Bertz CT molecular complexity index is 1850. The van der Waals surface area contributed by atoms with Gasteiger partial charge in [0.2, 0.25) is 0 Å². The van der Waals surface area contributed by atoms with Gasteiger partial charge in [-0.15, -0.1) is 0 Å². The van der Waals surface area contributed by atoms with E-state index in [1.165, 1.54) is 24.9 Å². The topological polar surface area (TPSA) is 151 Å². The zero-order chi connectivity index (χ0) is 44.3. The van der Waals surface area contributed by atoms with Crippen LogP contribution in [0.15, 0.2) is 30.5 Å². The van der Waals surface area contributed by atoms with E-state index >= 15 is 0 Å². The maximum atomic E-state index is 11.9. The lowest BCUT2D eigenvalue weighted by atomic mass is 9.76. The van der Waals surface area contributed by atoms with Gasteiger partial charge in [-0.05, 0) is 82.0 Å². The maximum absolute atomic E-state index is 11.9. The highest BCUT2D eigenvalue weighted by Crippen LogP contribution is 2.43. The van der Waals surface area contributed by atoms with E-state index in [1.807, 2.05) is 27.0 Å². The Labute approximate surface area is 365 Å². The number of carbonyl (C=O) groups is 2. The molecule has 2 aromatic heterocycles. The number of fused-ring (bicyclic) bond motifs is 1. The van der Waals surface area contributed by atoms with Crippen molar-refractivity contribution >= 4 is 29.3 Å². The molecule has 0 radical (unpaired) electrons. The number of likely N-dealkylation sites (N-methyl/N-ethyl adjacent to an activating group) is 1. The number of anilines is 1. The average Bonchev–Trinajstić information content (AvgIpc) is 3.53. The van der Waals surface area contributed by atoms with Gasteiger partial charge in [-0.2, -0.15) is 0 Å². The molecular weight excluding hydrogens is 773 g/mol. The van der Waals surface area contributed by atoms with Gasteiger partial charge in [-0.3, -0.25) is 20.1 Å². The van der Waals surface area contributed by atoms with E-state index in [2.05, 4.69) is 88.8 Å². The second-order valence-corrected chi connectivity index (χ2v) is 18.2. The number of methoxy groups -OCH3 is 1. The number of nitrogens with zero attached hydrogens (tertiary/aromatic N) is 6. The lowest BCUT2D eigenvalue weighted by Crippen LogP contribution is -2.70. The van der Waals surface area contributed by atoms with Crippen LogP contribution in [0.5, 0.6) is 0 Å². The smallest absolute Gasteiger partial charge is 0.293 e. The van der Waals surface area contributed by atoms with Gasteiger partial charge >= 0.3 is 0 Å². The molecule has 3 atom stereocenters. The molecule has 0 bridgehead atoms. The van der Waals surface area contributed by atoms with Crippen molar-refractivity contribution in [2.75, 3.05) is 105 Å². The summed E-state index contributed by atoms with van der Waals surface area (Å²) in [4.78, 5) is 35.1. The maximum Gasteiger partial charge on any atom is 0.293 e. The first kappa shape index (κ1) is 48.6. The number of hydrogen-bond donors (Lipinski definition) is 3. The van der Waals surface area contributed by atoms with E-state index in [0.717, 1.165) is 97.9 Å². The summed E-state index contributed by atoms with van der Waals surface area (Å²) in [6, 6.07) is 8.20. The van der Waals surface area contributed by atoms with Crippen molar-refractivity contribution in [2.24, 2.45) is 16.6 Å². The van der Waals surface area contributed by atoms with Crippen molar-refractivity contribution in [1.82, 2.24) is 29.8 Å². The van der Waals surface area contributed by atoms with E-state index in [4.69, 9.17) is 24.9 Å². The summed E-state index contributed by atoms with van der Waals surface area (Å²) in [5.74, 6) is 0.419. The van der Waals surface area contributed by atoms with Gasteiger partial charge in [0.15, 0.2) is 0 Å². The third-order valence-corrected chi connectivity index (χ3v) is 12.8. The number of aldehydes is 1. The van der Waals surface area contributed by atoms with Crippen LogP contribution in [-0.2, 0) is 36.8 Å². The molecule has 340 valence electrons. The first-order valence-electron chi connectivity index (χ1n) is 22.6. The molecule has 3 aromatic rings. The number of carbonyl (C=O) groups excluding carboxylic acids is 2. The van der Waals surface area contributed by atoms with Gasteiger partial charge in [-0.1, -0.05) is 27.7 Å². The van der Waals surface area contributed by atoms with Gasteiger partial charge in [0.1, 0.15) is 6.29 Å². The highest BCUT2D eigenvalue weighted by atomic mass is 16.5. The predicted molar refractivity (Wildman–Crippen MR) is 244 cm³/mol. The number of benzene rings is 1. The number of aromatic nitrogens is 2. The number of pyridine rings is 1. The number of ether oxygens (including phenoxy) is 3. The number of likely N-dealkylation sites (tertiary alicyclic amines) is 2. The molecule has 0 saturated carbocycles. The predicted octanol–water partition coefficient (Wildman–Crippen LogP) is 4.86. The van der Waals surface area contributed by atoms with Gasteiger partial charge in [0.05, 0.1) is 50.0 Å². The molecule has 6 heterocycles. The van der Waals surface area contributed by atoms with E-state index in [-0.39, 0.29) is 36.2 Å². The van der Waals surface area contributed by atoms with Crippen LogP contribution >= 0.6 is 0 Å². The van der Waals surface area contributed by atoms with E-state index < -0.39 is 6.04 Å². The summed E-state index contributed by atoms with van der Waals surface area (Å²) >= 11 is 0. The van der Waals surface area contributed by atoms with Crippen molar-refractivity contribution in [3.8, 4) is 11.3 Å². The summed E-state index contributed by atoms with van der Waals surface area (Å²) in [5.41, 5.74) is 17.0. The SMILES string of the molecule is CC.CCn1c(-c2cc(C3CN(C)C3)cnc2C(C)OC)c(CC(C)(C)COC=O)c2cc(N(CCO)CCC(C(N)C=O)N3CC4(COC4)C3)ccc21.CN1CCCCN1. The fourth-order valence-electron chi connectivity index (χ4n) is 9.40. The molecule has 14 nitrogen and oxygen atoms in total. The number of aryl methyl sites for hydroxylation is 1. The minimum atomic E-state index is -0.589. The molecule has 61 heavy (non-hydrogen) atoms. The highest BCUT2D eigenvalue weighted by molar-refractivity contribution is 5.94. The number of nitrogens with one attached hydrogen (secondary N) is 1. The Morgan fingerprint density at radius 3 is 2.41 bits per heavy atom. The minimum Gasteiger partial charge on any atom is -0.467 e. The molecule has 4 saturated heterocycles. The van der Waals surface area contributed by atoms with Crippen LogP contribution in [0, 0.1) is 10.8 Å². The molecule has 0 amide bonds. The number of hydrogen-bond acceptors (Lipinski definition) is 13. The van der Waals surface area contributed by atoms with E-state index in [9.17, 15) is 14.7 Å². The van der Waals surface area contributed by atoms with Crippen molar-refractivity contribution in [2.45, 2.75) is 97.9 Å². The van der Waals surface area contributed by atoms with Crippen LogP contribution in [0.2, 0.25) is 0 Å². The van der Waals surface area contributed by atoms with Crippen LogP contribution in [0.4, 0.5) is 5.69 Å². The molecule has 3 unspecified atom stereocenters. The first-order chi connectivity index (χ1) is 29.4. The van der Waals surface area contributed by atoms with Gasteiger partial charge < -0.3 is 44.2 Å². The summed E-state index contributed by atoms with van der Waals surface area (Å²) in [6.45, 7) is 22.8. The lowest BCUT2D eigenvalue weighted by Gasteiger charge is -2.58. The Morgan fingerprint density at radius 1 is 1.13 bits per heavy atom. The number of hydrazine groups is 1. The fourth-order valence-corrected chi connectivity index (χ4v) is 9.40. The first-order valence-corrected chi connectivity index (χ1v) is 22.6. The molecule has 7 rings (SSSR count). The summed E-state index contributed by atoms with van der Waals surface area (Å²) in [6.07, 6.45) is 6.67. The molecule has 4 aliphatic heterocycles. The van der Waals surface area contributed by atoms with Crippen molar-refractivity contribution in [3.05, 3.63) is 47.3 Å². The number of rotatable bonds is 19. The fraction of sp³-hybridized carbons (Fsp3) is 0.681. The van der Waals surface area contributed by atoms with Crippen molar-refractivity contribution in [3.63, 3.8) is 0 Å². The standard InChI is InChI=1S/C40H58N6O6.C5H12N2.C2H6/c1-7-46-35-9-8-30(44(12-13-47)11-10-36(34(41)20-48)45-21-40(22-45)24-51-25-40)15-31(35)33(16-39(3,4)23-52-26-49)38(46)32-14-28(29-18-43(5)19-29)17-42-37(32)27(2)50-6;1-7-5-3-2-4-6-7;1-2/h8-9,14-15,17,20,26-27,29,34,36,47H,7,10-13,16,18-19,21-25,41H2,1-6H3;6H,2-5H2,1H3;1-2H3. The zero-order valence-electron chi connectivity index (χ0n) is 38.6. The average molecular weight is 849 g/mol. The normalized spacial score (nSPS) is 19.6. The second-order valence-electron chi connectivity index (χ2n) is 18.2. The van der Waals surface area contributed by atoms with Gasteiger partial charge in [0, 0.05) is 124 Å². The third-order valence-electron chi connectivity index (χ3n) is 12.8. The summed E-state index contributed by atoms with van der Waals surface area (Å²) in [7, 11) is 5.94. The van der Waals surface area contributed by atoms with Gasteiger partial charge in [-0.25, -0.2) is 5.01 Å².